The minimum atomic E-state index is -0.493. The molecule has 0 unspecified atom stereocenters. The van der Waals surface area contributed by atoms with E-state index >= 15 is 0 Å². The number of non-ortho nitro benzene ring substituents is 1. The van der Waals surface area contributed by atoms with Gasteiger partial charge < -0.3 is 4.52 Å². The first-order valence-electron chi connectivity index (χ1n) is 3.27. The van der Waals surface area contributed by atoms with Crippen LogP contribution in [0, 0.1) is 10.1 Å². The molecule has 0 amide bonds. The molecule has 0 aliphatic carbocycles. The van der Waals surface area contributed by atoms with Gasteiger partial charge in [0, 0.05) is 11.5 Å². The van der Waals surface area contributed by atoms with E-state index in [2.05, 4.69) is 5.16 Å². The van der Waals surface area contributed by atoms with Crippen LogP contribution < -0.4 is 0 Å². The molecule has 5 nitrogen and oxygen atoms in total. The molecule has 1 aromatic heterocycles. The number of nitro groups is 1. The summed E-state index contributed by atoms with van der Waals surface area (Å²) in [6.45, 7) is 0. The molecule has 0 bridgehead atoms. The summed E-state index contributed by atoms with van der Waals surface area (Å²) in [4.78, 5) is 9.94. The van der Waals surface area contributed by atoms with Gasteiger partial charge in [-0.15, -0.1) is 0 Å². The van der Waals surface area contributed by atoms with E-state index in [1.165, 1.54) is 12.3 Å². The maximum absolute atomic E-state index is 10.4. The van der Waals surface area contributed by atoms with Gasteiger partial charge >= 0.3 is 5.69 Å². The zero-order valence-corrected chi connectivity index (χ0v) is 5.93. The zero-order chi connectivity index (χ0) is 8.55. The smallest absolute Gasteiger partial charge is 0.315 e. The van der Waals surface area contributed by atoms with Crippen molar-refractivity contribution in [2.45, 2.75) is 0 Å². The van der Waals surface area contributed by atoms with Gasteiger partial charge in [-0.2, -0.15) is 0 Å². The molecule has 0 saturated heterocycles. The molecular formula is C7H4N2O3. The Hall–Kier alpha value is -1.91. The van der Waals surface area contributed by atoms with E-state index < -0.39 is 4.92 Å². The van der Waals surface area contributed by atoms with Crippen LogP contribution in [0.4, 0.5) is 5.69 Å². The number of para-hydroxylation sites is 1. The summed E-state index contributed by atoms with van der Waals surface area (Å²) < 4.78 is 4.72. The Morgan fingerprint density at radius 3 is 3.08 bits per heavy atom. The molecule has 0 aliphatic heterocycles. The third kappa shape index (κ3) is 0.833. The van der Waals surface area contributed by atoms with Crippen molar-refractivity contribution in [2.75, 3.05) is 0 Å². The topological polar surface area (TPSA) is 69.2 Å². The molecule has 0 saturated carbocycles. The van der Waals surface area contributed by atoms with Gasteiger partial charge in [-0.3, -0.25) is 10.1 Å². The van der Waals surface area contributed by atoms with E-state index in [1.54, 1.807) is 12.1 Å². The van der Waals surface area contributed by atoms with Crippen molar-refractivity contribution in [3.05, 3.63) is 34.5 Å². The van der Waals surface area contributed by atoms with Crippen LogP contribution in [0.5, 0.6) is 0 Å². The third-order valence-corrected chi connectivity index (χ3v) is 1.56. The Kier molecular flexibility index (Phi) is 1.30. The molecule has 5 heteroatoms. The highest BCUT2D eigenvalue weighted by molar-refractivity contribution is 5.84. The average molecular weight is 164 g/mol. The highest BCUT2D eigenvalue weighted by Crippen LogP contribution is 2.24. The number of benzene rings is 1. The maximum Gasteiger partial charge on any atom is 0.315 e. The van der Waals surface area contributed by atoms with Gasteiger partial charge in [-0.25, -0.2) is 0 Å². The van der Waals surface area contributed by atoms with E-state index in [0.717, 1.165) is 0 Å². The van der Waals surface area contributed by atoms with E-state index in [-0.39, 0.29) is 11.3 Å². The van der Waals surface area contributed by atoms with Crippen molar-refractivity contribution in [2.24, 2.45) is 0 Å². The number of nitrogens with zero attached hydrogens (tertiary/aromatic N) is 2. The molecule has 60 valence electrons. The van der Waals surface area contributed by atoms with Crippen LogP contribution in [-0.4, -0.2) is 10.1 Å². The van der Waals surface area contributed by atoms with Gasteiger partial charge in [0.05, 0.1) is 11.1 Å². The summed E-state index contributed by atoms with van der Waals surface area (Å²) in [6, 6.07) is 4.68. The largest absolute Gasteiger partial charge is 0.349 e. The standard InChI is InChI=1S/C7H4N2O3/c10-9(11)6-3-1-2-5-4-8-12-7(5)6/h1-4H. The van der Waals surface area contributed by atoms with Crippen molar-refractivity contribution >= 4 is 16.7 Å². The summed E-state index contributed by atoms with van der Waals surface area (Å²) in [6.07, 6.45) is 1.45. The first-order chi connectivity index (χ1) is 5.79. The molecule has 2 rings (SSSR count). The molecule has 0 radical (unpaired) electrons. The van der Waals surface area contributed by atoms with Crippen molar-refractivity contribution in [1.29, 1.82) is 0 Å². The van der Waals surface area contributed by atoms with E-state index in [4.69, 9.17) is 4.52 Å². The summed E-state index contributed by atoms with van der Waals surface area (Å²) in [7, 11) is 0. The Balaban J connectivity index is 2.82. The van der Waals surface area contributed by atoms with Crippen LogP contribution in [0.3, 0.4) is 0 Å². The molecule has 2 aromatic rings. The summed E-state index contributed by atoms with van der Waals surface area (Å²) in [5.74, 6) is 0. The van der Waals surface area contributed by atoms with Crippen LogP contribution in [0.25, 0.3) is 11.0 Å². The molecule has 0 fully saturated rings. The van der Waals surface area contributed by atoms with E-state index in [1.807, 2.05) is 0 Å². The summed E-state index contributed by atoms with van der Waals surface area (Å²) in [5.41, 5.74) is 0.174. The van der Waals surface area contributed by atoms with Crippen molar-refractivity contribution in [3.8, 4) is 0 Å². The van der Waals surface area contributed by atoms with Crippen molar-refractivity contribution < 1.29 is 9.45 Å². The quantitative estimate of drug-likeness (QED) is 0.475. The fraction of sp³-hybridized carbons (Fsp3) is 0. The van der Waals surface area contributed by atoms with Gasteiger partial charge in [-0.1, -0.05) is 11.2 Å². The lowest BCUT2D eigenvalue weighted by molar-refractivity contribution is -0.383. The molecular weight excluding hydrogens is 160 g/mol. The van der Waals surface area contributed by atoms with E-state index in [0.29, 0.717) is 5.39 Å². The van der Waals surface area contributed by atoms with Gasteiger partial charge in [0.1, 0.15) is 0 Å². The van der Waals surface area contributed by atoms with Gasteiger partial charge in [0.2, 0.25) is 5.58 Å². The van der Waals surface area contributed by atoms with E-state index in [9.17, 15) is 10.1 Å². The number of fused-ring (bicyclic) bond motifs is 1. The molecule has 0 atom stereocenters. The van der Waals surface area contributed by atoms with Crippen LogP contribution >= 0.6 is 0 Å². The fourth-order valence-electron chi connectivity index (χ4n) is 1.02. The Bertz CT molecular complexity index is 435. The van der Waals surface area contributed by atoms with Gasteiger partial charge in [-0.05, 0) is 6.07 Å². The molecule has 12 heavy (non-hydrogen) atoms. The SMILES string of the molecule is O=[N+]([O-])c1cccc2cnoc12. The fourth-order valence-corrected chi connectivity index (χ4v) is 1.02. The summed E-state index contributed by atoms with van der Waals surface area (Å²) in [5, 5.41) is 14.5. The van der Waals surface area contributed by atoms with Crippen molar-refractivity contribution in [1.82, 2.24) is 5.16 Å². The first-order valence-corrected chi connectivity index (χ1v) is 3.27. The average Bonchev–Trinajstić information content (AvgIpc) is 2.49. The van der Waals surface area contributed by atoms with Crippen molar-refractivity contribution in [3.63, 3.8) is 0 Å². The third-order valence-electron chi connectivity index (χ3n) is 1.56. The van der Waals surface area contributed by atoms with Gasteiger partial charge in [0.25, 0.3) is 0 Å². The number of nitro benzene ring substituents is 1. The van der Waals surface area contributed by atoms with Crippen LogP contribution in [0.15, 0.2) is 28.9 Å². The molecule has 1 heterocycles. The van der Waals surface area contributed by atoms with Crippen LogP contribution in [0.2, 0.25) is 0 Å². The number of rotatable bonds is 1. The Morgan fingerprint density at radius 2 is 2.33 bits per heavy atom. The highest BCUT2D eigenvalue weighted by atomic mass is 16.6. The predicted octanol–water partition coefficient (Wildman–Crippen LogP) is 1.74. The normalized spacial score (nSPS) is 10.3. The Labute approximate surface area is 66.7 Å². The van der Waals surface area contributed by atoms with Crippen LogP contribution in [0.1, 0.15) is 0 Å². The predicted molar refractivity (Wildman–Crippen MR) is 40.7 cm³/mol. The lowest BCUT2D eigenvalue weighted by Gasteiger charge is -1.88. The second-order valence-electron chi connectivity index (χ2n) is 2.28. The minimum absolute atomic E-state index is 0.0509. The summed E-state index contributed by atoms with van der Waals surface area (Å²) >= 11 is 0. The second kappa shape index (κ2) is 2.30. The van der Waals surface area contributed by atoms with Crippen LogP contribution in [-0.2, 0) is 0 Å². The molecule has 0 N–H and O–H groups in total. The molecule has 1 aromatic carbocycles. The second-order valence-corrected chi connectivity index (χ2v) is 2.28. The lowest BCUT2D eigenvalue weighted by atomic mass is 10.2. The monoisotopic (exact) mass is 164 g/mol. The highest BCUT2D eigenvalue weighted by Gasteiger charge is 2.14. The number of aromatic nitrogens is 1. The van der Waals surface area contributed by atoms with Gasteiger partial charge in [0.15, 0.2) is 0 Å². The number of hydrogen-bond donors (Lipinski definition) is 0. The lowest BCUT2D eigenvalue weighted by Crippen LogP contribution is -1.86. The number of hydrogen-bond acceptors (Lipinski definition) is 4. The molecule has 0 spiro atoms. The maximum atomic E-state index is 10.4. The minimum Gasteiger partial charge on any atom is -0.349 e. The Morgan fingerprint density at radius 1 is 1.50 bits per heavy atom. The zero-order valence-electron chi connectivity index (χ0n) is 5.93. The first kappa shape index (κ1) is 6.78. The molecule has 0 aliphatic rings.